The van der Waals surface area contributed by atoms with Crippen molar-refractivity contribution in [1.82, 2.24) is 4.90 Å². The van der Waals surface area contributed by atoms with Crippen molar-refractivity contribution in [2.75, 3.05) is 13.7 Å². The van der Waals surface area contributed by atoms with E-state index in [9.17, 15) is 4.79 Å². The summed E-state index contributed by atoms with van der Waals surface area (Å²) in [6, 6.07) is 10.1. The molecule has 0 bridgehead atoms. The van der Waals surface area contributed by atoms with Gasteiger partial charge in [-0.25, -0.2) is 0 Å². The Kier molecular flexibility index (Phi) is 4.71. The van der Waals surface area contributed by atoms with E-state index in [0.717, 1.165) is 24.8 Å². The number of benzene rings is 1. The molecule has 0 unspecified atom stereocenters. The minimum Gasteiger partial charge on any atom is -0.496 e. The maximum absolute atomic E-state index is 12.6. The van der Waals surface area contributed by atoms with Crippen molar-refractivity contribution in [1.29, 1.82) is 0 Å². The van der Waals surface area contributed by atoms with Gasteiger partial charge in [-0.15, -0.1) is 0 Å². The Morgan fingerprint density at radius 2 is 2.04 bits per heavy atom. The summed E-state index contributed by atoms with van der Waals surface area (Å²) in [5.74, 6) is 0.640. The second-order valence-electron chi connectivity index (χ2n) is 6.25. The Morgan fingerprint density at radius 3 is 2.74 bits per heavy atom. The van der Waals surface area contributed by atoms with Crippen LogP contribution in [0.1, 0.15) is 50.6 Å². The van der Waals surface area contributed by atoms with E-state index < -0.39 is 5.72 Å². The third-order valence-electron chi connectivity index (χ3n) is 4.83. The summed E-state index contributed by atoms with van der Waals surface area (Å²) in [7, 11) is 1.62. The number of fused-ring (bicyclic) bond motifs is 1. The van der Waals surface area contributed by atoms with Gasteiger partial charge in [0.2, 0.25) is 5.72 Å². The SMILES string of the molecule is CCCCCC[C@]12OC[C@H](c3ccccc3)N1C(=O)C=C2OC. The fourth-order valence-corrected chi connectivity index (χ4v) is 3.67. The lowest BCUT2D eigenvalue weighted by molar-refractivity contribution is -0.140. The lowest BCUT2D eigenvalue weighted by atomic mass is 10.0. The van der Waals surface area contributed by atoms with Crippen molar-refractivity contribution >= 4 is 5.91 Å². The lowest BCUT2D eigenvalue weighted by Gasteiger charge is -2.35. The molecular formula is C19H25NO3. The summed E-state index contributed by atoms with van der Waals surface area (Å²) in [6.07, 6.45) is 6.96. The number of unbranched alkanes of at least 4 members (excludes halogenated alkanes) is 3. The third kappa shape index (κ3) is 2.76. The summed E-state index contributed by atoms with van der Waals surface area (Å²) in [6.45, 7) is 2.71. The van der Waals surface area contributed by atoms with Gasteiger partial charge in [-0.3, -0.25) is 9.69 Å². The molecule has 2 aliphatic rings. The second-order valence-corrected chi connectivity index (χ2v) is 6.25. The van der Waals surface area contributed by atoms with Gasteiger partial charge < -0.3 is 9.47 Å². The molecule has 0 aliphatic carbocycles. The fraction of sp³-hybridized carbons (Fsp3) is 0.526. The zero-order valence-corrected chi connectivity index (χ0v) is 14.0. The minimum absolute atomic E-state index is 0.0105. The highest BCUT2D eigenvalue weighted by molar-refractivity contribution is 5.92. The van der Waals surface area contributed by atoms with Gasteiger partial charge >= 0.3 is 0 Å². The zero-order chi connectivity index (χ0) is 16.3. The molecule has 1 aromatic carbocycles. The monoisotopic (exact) mass is 315 g/mol. The van der Waals surface area contributed by atoms with Crippen molar-refractivity contribution in [2.45, 2.75) is 50.8 Å². The highest BCUT2D eigenvalue weighted by Crippen LogP contribution is 2.48. The van der Waals surface area contributed by atoms with Crippen LogP contribution in [0.3, 0.4) is 0 Å². The number of ether oxygens (including phenoxy) is 2. The molecule has 0 saturated carbocycles. The Bertz CT molecular complexity index is 584. The van der Waals surface area contributed by atoms with Crippen LogP contribution in [-0.2, 0) is 14.3 Å². The van der Waals surface area contributed by atoms with E-state index in [1.54, 1.807) is 13.2 Å². The first kappa shape index (κ1) is 16.1. The van der Waals surface area contributed by atoms with Gasteiger partial charge in [-0.1, -0.05) is 56.5 Å². The van der Waals surface area contributed by atoms with Crippen molar-refractivity contribution in [3.8, 4) is 0 Å². The van der Waals surface area contributed by atoms with E-state index in [4.69, 9.17) is 9.47 Å². The Morgan fingerprint density at radius 1 is 1.26 bits per heavy atom. The first-order valence-electron chi connectivity index (χ1n) is 8.51. The molecule has 0 N–H and O–H groups in total. The summed E-state index contributed by atoms with van der Waals surface area (Å²) >= 11 is 0. The van der Waals surface area contributed by atoms with Crippen LogP contribution in [0.4, 0.5) is 0 Å². The maximum atomic E-state index is 12.6. The molecular weight excluding hydrogens is 290 g/mol. The molecule has 1 aromatic rings. The van der Waals surface area contributed by atoms with E-state index >= 15 is 0 Å². The molecule has 2 aliphatic heterocycles. The second kappa shape index (κ2) is 6.75. The van der Waals surface area contributed by atoms with E-state index in [0.29, 0.717) is 12.4 Å². The Labute approximate surface area is 138 Å². The highest BCUT2D eigenvalue weighted by Gasteiger charge is 2.57. The van der Waals surface area contributed by atoms with E-state index in [1.165, 1.54) is 12.8 Å². The third-order valence-corrected chi connectivity index (χ3v) is 4.83. The molecule has 2 heterocycles. The number of hydrogen-bond donors (Lipinski definition) is 0. The lowest BCUT2D eigenvalue weighted by Crippen LogP contribution is -2.45. The summed E-state index contributed by atoms with van der Waals surface area (Å²) < 4.78 is 11.7. The smallest absolute Gasteiger partial charge is 0.253 e. The van der Waals surface area contributed by atoms with Gasteiger partial charge in [0.25, 0.3) is 5.91 Å². The van der Waals surface area contributed by atoms with Gasteiger partial charge in [-0.05, 0) is 12.0 Å². The van der Waals surface area contributed by atoms with E-state index in [1.807, 2.05) is 23.1 Å². The molecule has 3 rings (SSSR count). The van der Waals surface area contributed by atoms with Crippen LogP contribution in [0.25, 0.3) is 0 Å². The molecule has 0 radical (unpaired) electrons. The van der Waals surface area contributed by atoms with Crippen molar-refractivity contribution in [3.05, 3.63) is 47.7 Å². The quantitative estimate of drug-likeness (QED) is 0.718. The van der Waals surface area contributed by atoms with Gasteiger partial charge in [-0.2, -0.15) is 0 Å². The van der Waals surface area contributed by atoms with Crippen LogP contribution in [0.15, 0.2) is 42.2 Å². The van der Waals surface area contributed by atoms with Crippen molar-refractivity contribution < 1.29 is 14.3 Å². The number of methoxy groups -OCH3 is 1. The van der Waals surface area contributed by atoms with Crippen LogP contribution in [0.2, 0.25) is 0 Å². The highest BCUT2D eigenvalue weighted by atomic mass is 16.6. The molecule has 1 fully saturated rings. The standard InChI is InChI=1S/C19H25NO3/c1-3-4-5-9-12-19-17(22-2)13-18(21)20(19)16(14-23-19)15-10-7-6-8-11-15/h6-8,10-11,13,16H,3-5,9,12,14H2,1-2H3/t16-,19-/m1/s1. The molecule has 0 spiro atoms. The van der Waals surface area contributed by atoms with Gasteiger partial charge in [0, 0.05) is 12.5 Å². The van der Waals surface area contributed by atoms with Gasteiger partial charge in [0.1, 0.15) is 0 Å². The number of carbonyl (C=O) groups excluding carboxylic acids is 1. The van der Waals surface area contributed by atoms with Crippen LogP contribution in [0.5, 0.6) is 0 Å². The predicted octanol–water partition coefficient (Wildman–Crippen LogP) is 3.80. The topological polar surface area (TPSA) is 38.8 Å². The number of hydrogen-bond acceptors (Lipinski definition) is 3. The van der Waals surface area contributed by atoms with Gasteiger partial charge in [0.15, 0.2) is 5.76 Å². The van der Waals surface area contributed by atoms with Crippen LogP contribution in [-0.4, -0.2) is 30.2 Å². The Balaban J connectivity index is 1.85. The molecule has 124 valence electrons. The van der Waals surface area contributed by atoms with Crippen LogP contribution >= 0.6 is 0 Å². The zero-order valence-electron chi connectivity index (χ0n) is 14.0. The van der Waals surface area contributed by atoms with Crippen molar-refractivity contribution in [2.24, 2.45) is 0 Å². The van der Waals surface area contributed by atoms with Gasteiger partial charge in [0.05, 0.1) is 19.8 Å². The number of rotatable bonds is 7. The first-order chi connectivity index (χ1) is 11.2. The summed E-state index contributed by atoms with van der Waals surface area (Å²) in [5.41, 5.74) is 0.405. The van der Waals surface area contributed by atoms with E-state index in [-0.39, 0.29) is 11.9 Å². The van der Waals surface area contributed by atoms with Crippen LogP contribution in [0, 0.1) is 0 Å². The molecule has 4 nitrogen and oxygen atoms in total. The predicted molar refractivity (Wildman–Crippen MR) is 88.6 cm³/mol. The summed E-state index contributed by atoms with van der Waals surface area (Å²) in [5, 5.41) is 0. The van der Waals surface area contributed by atoms with Crippen LogP contribution < -0.4 is 0 Å². The maximum Gasteiger partial charge on any atom is 0.253 e. The number of nitrogens with zero attached hydrogens (tertiary/aromatic N) is 1. The minimum atomic E-state index is -0.708. The van der Waals surface area contributed by atoms with Crippen molar-refractivity contribution in [3.63, 3.8) is 0 Å². The van der Waals surface area contributed by atoms with E-state index in [2.05, 4.69) is 19.1 Å². The molecule has 1 saturated heterocycles. The largest absolute Gasteiger partial charge is 0.496 e. The molecule has 1 amide bonds. The average molecular weight is 315 g/mol. The summed E-state index contributed by atoms with van der Waals surface area (Å²) in [4.78, 5) is 14.5. The Hall–Kier alpha value is -1.81. The molecule has 0 aromatic heterocycles. The molecule has 2 atom stereocenters. The average Bonchev–Trinajstić information content (AvgIpc) is 3.09. The fourth-order valence-electron chi connectivity index (χ4n) is 3.67. The first-order valence-corrected chi connectivity index (χ1v) is 8.51. The molecule has 4 heteroatoms. The normalized spacial score (nSPS) is 26.3. The number of amides is 1. The number of carbonyl (C=O) groups is 1. The molecule has 23 heavy (non-hydrogen) atoms.